The standard InChI is InChI=1S/C24H16N2O2/c27-24-22-20(16-15-17-9-3-1-4-10-17)25-26(18-11-5-2-6-12-18)23(22)19-13-7-8-14-21(19)28-24/h1-16H/b16-15+. The smallest absolute Gasteiger partial charge is 0.348 e. The highest BCUT2D eigenvalue weighted by Gasteiger charge is 2.18. The average Bonchev–Trinajstić information content (AvgIpc) is 3.14. The maximum Gasteiger partial charge on any atom is 0.348 e. The summed E-state index contributed by atoms with van der Waals surface area (Å²) < 4.78 is 7.39. The van der Waals surface area contributed by atoms with Gasteiger partial charge >= 0.3 is 5.63 Å². The topological polar surface area (TPSA) is 48.0 Å². The predicted octanol–water partition coefficient (Wildman–Crippen LogP) is 5.30. The van der Waals surface area contributed by atoms with Crippen molar-refractivity contribution in [3.05, 3.63) is 107 Å². The largest absolute Gasteiger partial charge is 0.422 e. The van der Waals surface area contributed by atoms with Gasteiger partial charge in [0, 0.05) is 5.39 Å². The summed E-state index contributed by atoms with van der Waals surface area (Å²) in [5.74, 6) is 0. The summed E-state index contributed by atoms with van der Waals surface area (Å²) in [5.41, 5.74) is 3.44. The summed E-state index contributed by atoms with van der Waals surface area (Å²) in [6, 6.07) is 27.3. The van der Waals surface area contributed by atoms with Crippen LogP contribution in [0.5, 0.6) is 0 Å². The number of aromatic nitrogens is 2. The van der Waals surface area contributed by atoms with E-state index in [-0.39, 0.29) is 5.63 Å². The molecule has 0 unspecified atom stereocenters. The average molecular weight is 364 g/mol. The molecular formula is C24H16N2O2. The van der Waals surface area contributed by atoms with Gasteiger partial charge in [0.15, 0.2) is 0 Å². The molecule has 0 saturated heterocycles. The quantitative estimate of drug-likeness (QED) is 0.408. The maximum atomic E-state index is 12.8. The van der Waals surface area contributed by atoms with E-state index in [1.807, 2.05) is 95.7 Å². The Morgan fingerprint density at radius 3 is 2.25 bits per heavy atom. The van der Waals surface area contributed by atoms with E-state index in [9.17, 15) is 4.79 Å². The molecule has 2 heterocycles. The fourth-order valence-electron chi connectivity index (χ4n) is 3.40. The molecule has 4 nitrogen and oxygen atoms in total. The van der Waals surface area contributed by atoms with E-state index in [1.54, 1.807) is 6.07 Å². The van der Waals surface area contributed by atoms with Crippen molar-refractivity contribution >= 4 is 34.0 Å². The summed E-state index contributed by atoms with van der Waals surface area (Å²) in [6.07, 6.45) is 3.81. The van der Waals surface area contributed by atoms with Crippen LogP contribution in [0.2, 0.25) is 0 Å². The molecule has 5 rings (SSSR count). The van der Waals surface area contributed by atoms with Gasteiger partial charge < -0.3 is 4.42 Å². The molecule has 0 bridgehead atoms. The molecule has 5 aromatic rings. The predicted molar refractivity (Wildman–Crippen MR) is 112 cm³/mol. The van der Waals surface area contributed by atoms with Crippen molar-refractivity contribution in [3.63, 3.8) is 0 Å². The highest BCUT2D eigenvalue weighted by atomic mass is 16.4. The van der Waals surface area contributed by atoms with Crippen LogP contribution < -0.4 is 5.63 Å². The third-order valence-electron chi connectivity index (χ3n) is 4.70. The second kappa shape index (κ2) is 6.67. The highest BCUT2D eigenvalue weighted by Crippen LogP contribution is 2.28. The summed E-state index contributed by atoms with van der Waals surface area (Å²) >= 11 is 0. The van der Waals surface area contributed by atoms with Crippen LogP contribution in [0.1, 0.15) is 11.3 Å². The molecule has 0 aliphatic heterocycles. The van der Waals surface area contributed by atoms with Crippen LogP contribution in [0.4, 0.5) is 0 Å². The van der Waals surface area contributed by atoms with E-state index in [0.717, 1.165) is 22.2 Å². The number of hydrogen-bond acceptors (Lipinski definition) is 3. The van der Waals surface area contributed by atoms with Crippen LogP contribution >= 0.6 is 0 Å². The van der Waals surface area contributed by atoms with Crippen molar-refractivity contribution in [1.29, 1.82) is 0 Å². The van der Waals surface area contributed by atoms with Gasteiger partial charge in [0.1, 0.15) is 16.7 Å². The first-order valence-corrected chi connectivity index (χ1v) is 9.04. The number of benzene rings is 3. The Balaban J connectivity index is 1.84. The summed E-state index contributed by atoms with van der Waals surface area (Å²) in [4.78, 5) is 12.8. The molecule has 0 saturated carbocycles. The first kappa shape index (κ1) is 16.3. The van der Waals surface area contributed by atoms with Crippen LogP contribution in [0, 0.1) is 0 Å². The molecule has 0 spiro atoms. The summed E-state index contributed by atoms with van der Waals surface area (Å²) in [6.45, 7) is 0. The zero-order valence-electron chi connectivity index (χ0n) is 14.9. The number of nitrogens with zero attached hydrogens (tertiary/aromatic N) is 2. The molecule has 0 fully saturated rings. The third-order valence-corrected chi connectivity index (χ3v) is 4.70. The maximum absolute atomic E-state index is 12.8. The minimum Gasteiger partial charge on any atom is -0.422 e. The van der Waals surface area contributed by atoms with Gasteiger partial charge in [-0.3, -0.25) is 0 Å². The molecule has 0 aliphatic carbocycles. The van der Waals surface area contributed by atoms with Gasteiger partial charge in [-0.1, -0.05) is 66.7 Å². The van der Waals surface area contributed by atoms with Gasteiger partial charge in [0.05, 0.1) is 11.2 Å². The second-order valence-electron chi connectivity index (χ2n) is 6.49. The first-order chi connectivity index (χ1) is 13.8. The Hall–Kier alpha value is -3.92. The Morgan fingerprint density at radius 2 is 1.46 bits per heavy atom. The Morgan fingerprint density at radius 1 is 0.786 bits per heavy atom. The monoisotopic (exact) mass is 364 g/mol. The van der Waals surface area contributed by atoms with Crippen LogP contribution in [-0.2, 0) is 0 Å². The van der Waals surface area contributed by atoms with E-state index in [2.05, 4.69) is 0 Å². The lowest BCUT2D eigenvalue weighted by atomic mass is 10.1. The number of rotatable bonds is 3. The van der Waals surface area contributed by atoms with Crippen molar-refractivity contribution in [1.82, 2.24) is 9.78 Å². The summed E-state index contributed by atoms with van der Waals surface area (Å²) in [5, 5.41) is 6.09. The molecule has 0 N–H and O–H groups in total. The normalized spacial score (nSPS) is 11.6. The SMILES string of the molecule is O=c1oc2ccccc2c2c1c(/C=C/c1ccccc1)nn2-c1ccccc1. The fraction of sp³-hybridized carbons (Fsp3) is 0. The van der Waals surface area contributed by atoms with Crippen molar-refractivity contribution in [3.8, 4) is 5.69 Å². The third kappa shape index (κ3) is 2.72. The van der Waals surface area contributed by atoms with Gasteiger partial charge in [-0.2, -0.15) is 5.10 Å². The Kier molecular flexibility index (Phi) is 3.87. The molecule has 0 atom stereocenters. The lowest BCUT2D eigenvalue weighted by Crippen LogP contribution is -2.01. The molecule has 2 aromatic heterocycles. The zero-order chi connectivity index (χ0) is 18.9. The van der Waals surface area contributed by atoms with E-state index < -0.39 is 0 Å². The Labute approximate surface area is 161 Å². The van der Waals surface area contributed by atoms with E-state index in [0.29, 0.717) is 16.7 Å². The highest BCUT2D eigenvalue weighted by molar-refractivity contribution is 6.05. The van der Waals surface area contributed by atoms with Gasteiger partial charge in [-0.05, 0) is 35.9 Å². The van der Waals surface area contributed by atoms with Crippen molar-refractivity contribution in [2.45, 2.75) is 0 Å². The van der Waals surface area contributed by atoms with E-state index >= 15 is 0 Å². The van der Waals surface area contributed by atoms with Crippen molar-refractivity contribution < 1.29 is 4.42 Å². The molecular weight excluding hydrogens is 348 g/mol. The Bertz CT molecular complexity index is 1360. The van der Waals surface area contributed by atoms with Gasteiger partial charge in [0.2, 0.25) is 0 Å². The molecule has 0 amide bonds. The first-order valence-electron chi connectivity index (χ1n) is 9.04. The van der Waals surface area contributed by atoms with Crippen LogP contribution in [0.15, 0.2) is 94.1 Å². The molecule has 134 valence electrons. The lowest BCUT2D eigenvalue weighted by Gasteiger charge is -2.05. The number of para-hydroxylation sites is 2. The lowest BCUT2D eigenvalue weighted by molar-refractivity contribution is 0.569. The van der Waals surface area contributed by atoms with Crippen LogP contribution in [0.25, 0.3) is 39.7 Å². The molecule has 28 heavy (non-hydrogen) atoms. The van der Waals surface area contributed by atoms with Crippen molar-refractivity contribution in [2.75, 3.05) is 0 Å². The molecule has 3 aromatic carbocycles. The molecule has 0 radical (unpaired) electrons. The fourth-order valence-corrected chi connectivity index (χ4v) is 3.40. The van der Waals surface area contributed by atoms with Crippen LogP contribution in [0.3, 0.4) is 0 Å². The molecule has 4 heteroatoms. The van der Waals surface area contributed by atoms with Gasteiger partial charge in [0.25, 0.3) is 0 Å². The van der Waals surface area contributed by atoms with E-state index in [4.69, 9.17) is 9.52 Å². The minimum absolute atomic E-state index is 0.386. The molecule has 0 aliphatic rings. The second-order valence-corrected chi connectivity index (χ2v) is 6.49. The number of hydrogen-bond donors (Lipinski definition) is 0. The van der Waals surface area contributed by atoms with Crippen molar-refractivity contribution in [2.24, 2.45) is 0 Å². The van der Waals surface area contributed by atoms with Gasteiger partial charge in [-0.25, -0.2) is 9.48 Å². The van der Waals surface area contributed by atoms with Crippen LogP contribution in [-0.4, -0.2) is 9.78 Å². The number of fused-ring (bicyclic) bond motifs is 3. The zero-order valence-corrected chi connectivity index (χ0v) is 14.9. The summed E-state index contributed by atoms with van der Waals surface area (Å²) in [7, 11) is 0. The van der Waals surface area contributed by atoms with E-state index in [1.165, 1.54) is 0 Å². The minimum atomic E-state index is -0.386. The van der Waals surface area contributed by atoms with Gasteiger partial charge in [-0.15, -0.1) is 0 Å².